The molecule has 0 aromatic carbocycles. The Labute approximate surface area is 132 Å². The molecular weight excluding hydrogens is 276 g/mol. The average Bonchev–Trinajstić information content (AvgIpc) is 3.22. The molecule has 1 aliphatic rings. The Morgan fingerprint density at radius 3 is 2.86 bits per heavy atom. The van der Waals surface area contributed by atoms with Gasteiger partial charge in [0.25, 0.3) is 0 Å². The van der Waals surface area contributed by atoms with Crippen LogP contribution in [0.1, 0.15) is 55.6 Å². The third kappa shape index (κ3) is 3.58. The molecule has 3 rings (SSSR count). The van der Waals surface area contributed by atoms with Gasteiger partial charge in [0.05, 0.1) is 0 Å². The number of hydrogen-bond donors (Lipinski definition) is 1. The molecule has 0 spiro atoms. The normalized spacial score (nSPS) is 17.4. The Bertz CT molecular complexity index is 523. The maximum absolute atomic E-state index is 3.85. The van der Waals surface area contributed by atoms with Crippen molar-refractivity contribution in [3.63, 3.8) is 0 Å². The van der Waals surface area contributed by atoms with Crippen LogP contribution in [0.5, 0.6) is 0 Å². The summed E-state index contributed by atoms with van der Waals surface area (Å²) in [6.07, 6.45) is 8.97. The van der Waals surface area contributed by atoms with E-state index in [4.69, 9.17) is 0 Å². The van der Waals surface area contributed by atoms with Crippen molar-refractivity contribution in [2.24, 2.45) is 5.92 Å². The Morgan fingerprint density at radius 2 is 2.14 bits per heavy atom. The first-order valence-corrected chi connectivity index (χ1v) is 9.17. The van der Waals surface area contributed by atoms with Crippen molar-refractivity contribution in [3.8, 4) is 0 Å². The first-order valence-electron chi connectivity index (χ1n) is 8.29. The van der Waals surface area contributed by atoms with E-state index in [0.29, 0.717) is 6.04 Å². The molecule has 1 N–H and O–H groups in total. The van der Waals surface area contributed by atoms with Crippen LogP contribution in [0.2, 0.25) is 0 Å². The maximum Gasteiger partial charge on any atom is 0.0446 e. The second-order valence-corrected chi connectivity index (χ2v) is 7.09. The van der Waals surface area contributed by atoms with Crippen LogP contribution >= 0.6 is 11.3 Å². The number of rotatable bonds is 7. The Morgan fingerprint density at radius 1 is 1.29 bits per heavy atom. The van der Waals surface area contributed by atoms with Crippen LogP contribution in [-0.4, -0.2) is 4.57 Å². The summed E-state index contributed by atoms with van der Waals surface area (Å²) < 4.78 is 2.38. The summed E-state index contributed by atoms with van der Waals surface area (Å²) >= 11 is 1.90. The maximum atomic E-state index is 3.85. The molecule has 114 valence electrons. The number of nitrogens with zero attached hydrogens (tertiary/aromatic N) is 1. The van der Waals surface area contributed by atoms with Crippen LogP contribution in [0, 0.1) is 5.92 Å². The van der Waals surface area contributed by atoms with Gasteiger partial charge >= 0.3 is 0 Å². The summed E-state index contributed by atoms with van der Waals surface area (Å²) in [7, 11) is 0. The number of thiophene rings is 1. The summed E-state index contributed by atoms with van der Waals surface area (Å²) in [4.78, 5) is 1.51. The summed E-state index contributed by atoms with van der Waals surface area (Å²) in [6.45, 7) is 4.34. The van der Waals surface area contributed by atoms with Crippen molar-refractivity contribution in [2.45, 2.75) is 58.2 Å². The van der Waals surface area contributed by atoms with Gasteiger partial charge < -0.3 is 9.88 Å². The van der Waals surface area contributed by atoms with E-state index in [2.05, 4.69) is 52.7 Å². The lowest BCUT2D eigenvalue weighted by atomic mass is 9.96. The highest BCUT2D eigenvalue weighted by Crippen LogP contribution is 2.37. The van der Waals surface area contributed by atoms with Crippen LogP contribution in [0.25, 0.3) is 0 Å². The zero-order chi connectivity index (χ0) is 14.5. The van der Waals surface area contributed by atoms with Gasteiger partial charge in [-0.25, -0.2) is 0 Å². The fraction of sp³-hybridized carbons (Fsp3) is 0.556. The summed E-state index contributed by atoms with van der Waals surface area (Å²) in [5.41, 5.74) is 1.41. The molecule has 0 saturated heterocycles. The Balaban J connectivity index is 1.68. The van der Waals surface area contributed by atoms with Crippen molar-refractivity contribution < 1.29 is 0 Å². The van der Waals surface area contributed by atoms with E-state index in [0.717, 1.165) is 19.0 Å². The predicted octanol–water partition coefficient (Wildman–Crippen LogP) is 4.98. The summed E-state index contributed by atoms with van der Waals surface area (Å²) in [6, 6.07) is 9.44. The van der Waals surface area contributed by atoms with E-state index in [9.17, 15) is 0 Å². The molecule has 1 saturated carbocycles. The van der Waals surface area contributed by atoms with Crippen LogP contribution in [0.3, 0.4) is 0 Å². The molecule has 0 bridgehead atoms. The Kier molecular flexibility index (Phi) is 5.15. The van der Waals surface area contributed by atoms with E-state index >= 15 is 0 Å². The molecule has 0 radical (unpaired) electrons. The zero-order valence-corrected chi connectivity index (χ0v) is 13.7. The molecule has 0 aliphatic heterocycles. The van der Waals surface area contributed by atoms with E-state index < -0.39 is 0 Å². The fourth-order valence-electron chi connectivity index (χ4n) is 3.54. The fourth-order valence-corrected chi connectivity index (χ4v) is 4.44. The van der Waals surface area contributed by atoms with Gasteiger partial charge in [-0.2, -0.15) is 0 Å². The quantitative estimate of drug-likeness (QED) is 0.763. The highest BCUT2D eigenvalue weighted by molar-refractivity contribution is 7.10. The second-order valence-electron chi connectivity index (χ2n) is 6.11. The van der Waals surface area contributed by atoms with E-state index in [1.54, 1.807) is 0 Å². The van der Waals surface area contributed by atoms with E-state index in [1.165, 1.54) is 42.7 Å². The first-order chi connectivity index (χ1) is 10.4. The van der Waals surface area contributed by atoms with Crippen molar-refractivity contribution in [3.05, 3.63) is 46.4 Å². The van der Waals surface area contributed by atoms with Crippen LogP contribution in [0.4, 0.5) is 0 Å². The molecule has 2 nitrogen and oxygen atoms in total. The Hall–Kier alpha value is -1.06. The molecule has 1 atom stereocenters. The van der Waals surface area contributed by atoms with E-state index in [1.807, 2.05) is 11.3 Å². The predicted molar refractivity (Wildman–Crippen MR) is 90.6 cm³/mol. The molecule has 1 unspecified atom stereocenters. The van der Waals surface area contributed by atoms with Gasteiger partial charge in [0.15, 0.2) is 0 Å². The van der Waals surface area contributed by atoms with Crippen LogP contribution in [-0.2, 0) is 13.1 Å². The standard InChI is InChI=1S/C18H26N2S/c1-2-11-20-12-5-9-16(20)14-19-18(15-7-3-4-8-15)17-10-6-13-21-17/h5-6,9-10,12-13,15,18-19H,2-4,7-8,11,14H2,1H3. The lowest BCUT2D eigenvalue weighted by molar-refractivity contribution is 0.366. The minimum atomic E-state index is 0.539. The van der Waals surface area contributed by atoms with Gasteiger partial charge in [-0.05, 0) is 48.8 Å². The summed E-state index contributed by atoms with van der Waals surface area (Å²) in [5, 5.41) is 6.06. The molecule has 2 aromatic rings. The van der Waals surface area contributed by atoms with Crippen LogP contribution in [0.15, 0.2) is 35.8 Å². The van der Waals surface area contributed by atoms with E-state index in [-0.39, 0.29) is 0 Å². The minimum Gasteiger partial charge on any atom is -0.350 e. The lowest BCUT2D eigenvalue weighted by Gasteiger charge is -2.24. The van der Waals surface area contributed by atoms with Gasteiger partial charge in [0.1, 0.15) is 0 Å². The molecule has 3 heteroatoms. The first kappa shape index (κ1) is 14.9. The molecule has 21 heavy (non-hydrogen) atoms. The van der Waals surface area contributed by atoms with Crippen molar-refractivity contribution in [1.82, 2.24) is 9.88 Å². The SMILES string of the molecule is CCCn1cccc1CNC(c1cccs1)C1CCCC1. The number of hydrogen-bond acceptors (Lipinski definition) is 2. The summed E-state index contributed by atoms with van der Waals surface area (Å²) in [5.74, 6) is 0.818. The molecule has 0 amide bonds. The smallest absolute Gasteiger partial charge is 0.0446 e. The number of nitrogens with one attached hydrogen (secondary N) is 1. The van der Waals surface area contributed by atoms with Crippen molar-refractivity contribution in [2.75, 3.05) is 0 Å². The average molecular weight is 302 g/mol. The largest absolute Gasteiger partial charge is 0.350 e. The zero-order valence-electron chi connectivity index (χ0n) is 12.9. The highest BCUT2D eigenvalue weighted by Gasteiger charge is 2.26. The third-order valence-corrected chi connectivity index (χ3v) is 5.57. The van der Waals surface area contributed by atoms with Gasteiger partial charge in [0, 0.05) is 35.9 Å². The van der Waals surface area contributed by atoms with Crippen LogP contribution < -0.4 is 5.32 Å². The van der Waals surface area contributed by atoms with Crippen molar-refractivity contribution >= 4 is 11.3 Å². The number of aryl methyl sites for hydroxylation is 1. The molecular formula is C18H26N2S. The lowest BCUT2D eigenvalue weighted by Crippen LogP contribution is -2.27. The highest BCUT2D eigenvalue weighted by atomic mass is 32.1. The topological polar surface area (TPSA) is 17.0 Å². The third-order valence-electron chi connectivity index (χ3n) is 4.61. The number of aromatic nitrogens is 1. The molecule has 2 aromatic heterocycles. The van der Waals surface area contributed by atoms with Gasteiger partial charge in [-0.1, -0.05) is 25.8 Å². The van der Waals surface area contributed by atoms with Gasteiger partial charge in [-0.3, -0.25) is 0 Å². The molecule has 1 fully saturated rings. The monoisotopic (exact) mass is 302 g/mol. The van der Waals surface area contributed by atoms with Crippen molar-refractivity contribution in [1.29, 1.82) is 0 Å². The molecule has 2 heterocycles. The minimum absolute atomic E-state index is 0.539. The molecule has 1 aliphatic carbocycles. The second kappa shape index (κ2) is 7.28. The van der Waals surface area contributed by atoms with Gasteiger partial charge in [0.2, 0.25) is 0 Å². The van der Waals surface area contributed by atoms with Gasteiger partial charge in [-0.15, -0.1) is 11.3 Å².